The molecule has 0 aliphatic rings. The third-order valence-corrected chi connectivity index (χ3v) is 3.34. The van der Waals surface area contributed by atoms with Crippen LogP contribution < -0.4 is 5.32 Å². The maximum atomic E-state index is 3.54. The Balaban J connectivity index is 2.66. The topological polar surface area (TPSA) is 15.3 Å². The summed E-state index contributed by atoms with van der Waals surface area (Å²) in [6.07, 6.45) is 0. The molecule has 0 atom stereocenters. The van der Waals surface area contributed by atoms with Crippen molar-refractivity contribution >= 4 is 0 Å². The molecule has 0 amide bonds. The van der Waals surface area contributed by atoms with Gasteiger partial charge in [-0.3, -0.25) is 4.90 Å². The highest BCUT2D eigenvalue weighted by Crippen LogP contribution is 2.11. The summed E-state index contributed by atoms with van der Waals surface area (Å²) in [6, 6.07) is 9.52. The Morgan fingerprint density at radius 2 is 1.79 bits per heavy atom. The molecule has 1 rings (SSSR count). The molecule has 0 bridgehead atoms. The SMILES string of the molecule is CCN(Cc1cccc(CNC(C)(C)C)c1)C(C)C. The predicted octanol–water partition coefficient (Wildman–Crippen LogP) is 3.81. The van der Waals surface area contributed by atoms with Crippen molar-refractivity contribution in [2.24, 2.45) is 0 Å². The van der Waals surface area contributed by atoms with Gasteiger partial charge in [-0.15, -0.1) is 0 Å². The summed E-state index contributed by atoms with van der Waals surface area (Å²) < 4.78 is 0. The summed E-state index contributed by atoms with van der Waals surface area (Å²) in [5, 5.41) is 3.54. The van der Waals surface area contributed by atoms with E-state index in [1.54, 1.807) is 0 Å². The molecule has 0 heterocycles. The number of nitrogens with one attached hydrogen (secondary N) is 1. The zero-order valence-corrected chi connectivity index (χ0v) is 13.5. The summed E-state index contributed by atoms with van der Waals surface area (Å²) in [4.78, 5) is 2.48. The minimum atomic E-state index is 0.170. The van der Waals surface area contributed by atoms with Gasteiger partial charge in [-0.05, 0) is 52.3 Å². The maximum absolute atomic E-state index is 3.54. The molecule has 0 fully saturated rings. The lowest BCUT2D eigenvalue weighted by Crippen LogP contribution is -2.35. The van der Waals surface area contributed by atoms with Crippen molar-refractivity contribution in [3.63, 3.8) is 0 Å². The van der Waals surface area contributed by atoms with E-state index in [-0.39, 0.29) is 5.54 Å². The van der Waals surface area contributed by atoms with Crippen LogP contribution in [0.3, 0.4) is 0 Å². The van der Waals surface area contributed by atoms with E-state index in [0.29, 0.717) is 6.04 Å². The molecule has 1 aromatic rings. The van der Waals surface area contributed by atoms with Crippen LogP contribution in [0.4, 0.5) is 0 Å². The van der Waals surface area contributed by atoms with Crippen LogP contribution in [0.15, 0.2) is 24.3 Å². The van der Waals surface area contributed by atoms with Crippen LogP contribution >= 0.6 is 0 Å². The van der Waals surface area contributed by atoms with Gasteiger partial charge in [0.2, 0.25) is 0 Å². The minimum absolute atomic E-state index is 0.170. The van der Waals surface area contributed by atoms with E-state index in [9.17, 15) is 0 Å². The van der Waals surface area contributed by atoms with Crippen molar-refractivity contribution in [2.75, 3.05) is 6.54 Å². The summed E-state index contributed by atoms with van der Waals surface area (Å²) in [7, 11) is 0. The van der Waals surface area contributed by atoms with Gasteiger partial charge in [0.05, 0.1) is 0 Å². The van der Waals surface area contributed by atoms with Gasteiger partial charge in [0, 0.05) is 24.7 Å². The van der Waals surface area contributed by atoms with Gasteiger partial charge in [-0.2, -0.15) is 0 Å². The molecule has 2 nitrogen and oxygen atoms in total. The zero-order chi connectivity index (χ0) is 14.5. The van der Waals surface area contributed by atoms with E-state index in [1.165, 1.54) is 11.1 Å². The molecule has 0 unspecified atom stereocenters. The Bertz CT molecular complexity index is 377. The van der Waals surface area contributed by atoms with E-state index in [0.717, 1.165) is 19.6 Å². The van der Waals surface area contributed by atoms with Crippen LogP contribution in [0.2, 0.25) is 0 Å². The number of hydrogen-bond acceptors (Lipinski definition) is 2. The summed E-state index contributed by atoms with van der Waals surface area (Å²) in [6.45, 7) is 16.4. The molecular weight excluding hydrogens is 232 g/mol. The lowest BCUT2D eigenvalue weighted by Gasteiger charge is -2.25. The minimum Gasteiger partial charge on any atom is -0.308 e. The Kier molecular flexibility index (Phi) is 6.02. The highest BCUT2D eigenvalue weighted by atomic mass is 15.1. The Hall–Kier alpha value is -0.860. The average molecular weight is 262 g/mol. The smallest absolute Gasteiger partial charge is 0.0236 e. The molecule has 2 heteroatoms. The van der Waals surface area contributed by atoms with Crippen molar-refractivity contribution in [1.82, 2.24) is 10.2 Å². The van der Waals surface area contributed by atoms with Gasteiger partial charge < -0.3 is 5.32 Å². The number of rotatable bonds is 6. The zero-order valence-electron chi connectivity index (χ0n) is 13.5. The second-order valence-corrected chi connectivity index (χ2v) is 6.58. The third kappa shape index (κ3) is 6.22. The van der Waals surface area contributed by atoms with E-state index >= 15 is 0 Å². The first kappa shape index (κ1) is 16.2. The molecule has 0 radical (unpaired) electrons. The molecule has 1 aromatic carbocycles. The van der Waals surface area contributed by atoms with Gasteiger partial charge in [0.25, 0.3) is 0 Å². The standard InChI is InChI=1S/C17H30N2/c1-7-19(14(2)3)13-16-10-8-9-15(11-16)12-18-17(4,5)6/h8-11,14,18H,7,12-13H2,1-6H3. The van der Waals surface area contributed by atoms with Crippen molar-refractivity contribution in [1.29, 1.82) is 0 Å². The molecule has 0 saturated heterocycles. The fourth-order valence-electron chi connectivity index (χ4n) is 2.10. The molecule has 108 valence electrons. The number of hydrogen-bond donors (Lipinski definition) is 1. The molecule has 1 N–H and O–H groups in total. The number of benzene rings is 1. The normalized spacial score (nSPS) is 12.4. The van der Waals surface area contributed by atoms with Crippen LogP contribution in [-0.4, -0.2) is 23.0 Å². The fraction of sp³-hybridized carbons (Fsp3) is 0.647. The molecule has 0 aliphatic heterocycles. The second-order valence-electron chi connectivity index (χ2n) is 6.58. The molecule has 19 heavy (non-hydrogen) atoms. The van der Waals surface area contributed by atoms with Crippen LogP contribution in [-0.2, 0) is 13.1 Å². The van der Waals surface area contributed by atoms with E-state index in [2.05, 4.69) is 76.0 Å². The first-order valence-electron chi connectivity index (χ1n) is 7.38. The van der Waals surface area contributed by atoms with Gasteiger partial charge in [0.1, 0.15) is 0 Å². The predicted molar refractivity (Wildman–Crippen MR) is 84.3 cm³/mol. The van der Waals surface area contributed by atoms with Crippen LogP contribution in [0.25, 0.3) is 0 Å². The summed E-state index contributed by atoms with van der Waals surface area (Å²) in [5.41, 5.74) is 2.94. The number of nitrogens with zero attached hydrogens (tertiary/aromatic N) is 1. The highest BCUT2D eigenvalue weighted by molar-refractivity contribution is 5.23. The van der Waals surface area contributed by atoms with Gasteiger partial charge >= 0.3 is 0 Å². The summed E-state index contributed by atoms with van der Waals surface area (Å²) >= 11 is 0. The molecule has 0 aliphatic carbocycles. The van der Waals surface area contributed by atoms with Crippen LogP contribution in [0.1, 0.15) is 52.7 Å². The summed E-state index contributed by atoms with van der Waals surface area (Å²) in [5.74, 6) is 0. The van der Waals surface area contributed by atoms with Crippen molar-refractivity contribution in [2.45, 2.75) is 66.2 Å². The average Bonchev–Trinajstić information content (AvgIpc) is 2.33. The molecular formula is C17H30N2. The molecule has 0 spiro atoms. The molecule has 0 aromatic heterocycles. The second kappa shape index (κ2) is 7.06. The van der Waals surface area contributed by atoms with Crippen LogP contribution in [0, 0.1) is 0 Å². The van der Waals surface area contributed by atoms with Crippen molar-refractivity contribution in [3.05, 3.63) is 35.4 Å². The van der Waals surface area contributed by atoms with E-state index in [4.69, 9.17) is 0 Å². The lowest BCUT2D eigenvalue weighted by molar-refractivity contribution is 0.225. The Morgan fingerprint density at radius 1 is 1.16 bits per heavy atom. The highest BCUT2D eigenvalue weighted by Gasteiger charge is 2.10. The van der Waals surface area contributed by atoms with Crippen LogP contribution in [0.5, 0.6) is 0 Å². The van der Waals surface area contributed by atoms with E-state index < -0.39 is 0 Å². The van der Waals surface area contributed by atoms with Gasteiger partial charge in [0.15, 0.2) is 0 Å². The Morgan fingerprint density at radius 3 is 2.32 bits per heavy atom. The fourth-order valence-corrected chi connectivity index (χ4v) is 2.10. The third-order valence-electron chi connectivity index (χ3n) is 3.34. The van der Waals surface area contributed by atoms with Gasteiger partial charge in [-0.1, -0.05) is 31.2 Å². The van der Waals surface area contributed by atoms with E-state index in [1.807, 2.05) is 0 Å². The largest absolute Gasteiger partial charge is 0.308 e. The monoisotopic (exact) mass is 262 g/mol. The quantitative estimate of drug-likeness (QED) is 0.839. The first-order chi connectivity index (χ1) is 8.81. The van der Waals surface area contributed by atoms with Gasteiger partial charge in [-0.25, -0.2) is 0 Å². The lowest BCUT2D eigenvalue weighted by atomic mass is 10.1. The van der Waals surface area contributed by atoms with Crippen molar-refractivity contribution < 1.29 is 0 Å². The first-order valence-corrected chi connectivity index (χ1v) is 7.38. The molecule has 0 saturated carbocycles. The Labute approximate surface area is 119 Å². The maximum Gasteiger partial charge on any atom is 0.0236 e. The van der Waals surface area contributed by atoms with Crippen molar-refractivity contribution in [3.8, 4) is 0 Å².